The molecule has 0 saturated heterocycles. The molecule has 0 radical (unpaired) electrons. The fraction of sp³-hybridized carbons (Fsp3) is 0.333. The molecule has 2 aromatic carbocycles. The molecule has 2 aromatic rings. The average molecular weight is 409 g/mol. The van der Waals surface area contributed by atoms with Crippen LogP contribution in [0.25, 0.3) is 0 Å². The van der Waals surface area contributed by atoms with E-state index in [9.17, 15) is 0 Å². The van der Waals surface area contributed by atoms with Crippen LogP contribution in [0.2, 0.25) is 0 Å². The van der Waals surface area contributed by atoms with E-state index < -0.39 is 0 Å². The Morgan fingerprint density at radius 3 is 2.57 bits per heavy atom. The summed E-state index contributed by atoms with van der Waals surface area (Å²) in [6, 6.07) is 13.1. The van der Waals surface area contributed by atoms with Gasteiger partial charge < -0.3 is 5.73 Å². The van der Waals surface area contributed by atoms with Gasteiger partial charge in [0.05, 0.1) is 0 Å². The van der Waals surface area contributed by atoms with Crippen molar-refractivity contribution in [1.82, 2.24) is 0 Å². The van der Waals surface area contributed by atoms with Crippen LogP contribution in [0.15, 0.2) is 45.3 Å². The van der Waals surface area contributed by atoms with Gasteiger partial charge in [-0.25, -0.2) is 0 Å². The molecule has 0 bridgehead atoms. The van der Waals surface area contributed by atoms with Crippen molar-refractivity contribution < 1.29 is 0 Å². The molecule has 2 unspecified atom stereocenters. The van der Waals surface area contributed by atoms with E-state index in [0.717, 1.165) is 28.2 Å². The fourth-order valence-electron chi connectivity index (χ4n) is 3.20. The Balaban J connectivity index is 1.87. The predicted molar refractivity (Wildman–Crippen MR) is 95.5 cm³/mol. The zero-order chi connectivity index (χ0) is 15.0. The second kappa shape index (κ2) is 6.23. The van der Waals surface area contributed by atoms with Crippen molar-refractivity contribution in [2.24, 2.45) is 11.7 Å². The van der Waals surface area contributed by atoms with Gasteiger partial charge in [0, 0.05) is 15.0 Å². The van der Waals surface area contributed by atoms with E-state index in [0.29, 0.717) is 5.92 Å². The van der Waals surface area contributed by atoms with Gasteiger partial charge in [-0.1, -0.05) is 56.1 Å². The van der Waals surface area contributed by atoms with E-state index >= 15 is 0 Å². The van der Waals surface area contributed by atoms with Crippen LogP contribution in [0, 0.1) is 12.8 Å². The minimum absolute atomic E-state index is 0.0737. The Hall–Kier alpha value is -0.640. The van der Waals surface area contributed by atoms with Gasteiger partial charge in [-0.3, -0.25) is 0 Å². The number of hydrogen-bond donors (Lipinski definition) is 1. The topological polar surface area (TPSA) is 26.0 Å². The molecule has 0 aromatic heterocycles. The molecule has 1 nitrogen and oxygen atoms in total. The second-order valence-electron chi connectivity index (χ2n) is 5.92. The second-order valence-corrected chi connectivity index (χ2v) is 7.63. The van der Waals surface area contributed by atoms with Gasteiger partial charge in [-0.15, -0.1) is 0 Å². The number of hydrogen-bond acceptors (Lipinski definition) is 1. The summed E-state index contributed by atoms with van der Waals surface area (Å²) in [5.74, 6) is 0.505. The fourth-order valence-corrected chi connectivity index (χ4v) is 4.29. The summed E-state index contributed by atoms with van der Waals surface area (Å²) in [6.07, 6.45) is 3.38. The molecule has 3 rings (SSSR count). The van der Waals surface area contributed by atoms with Crippen LogP contribution in [0.4, 0.5) is 0 Å². The summed E-state index contributed by atoms with van der Waals surface area (Å²) in [6.45, 7) is 2.10. The third kappa shape index (κ3) is 3.10. The summed E-state index contributed by atoms with van der Waals surface area (Å²) in [7, 11) is 0. The lowest BCUT2D eigenvalue weighted by molar-refractivity contribution is 0.381. The van der Waals surface area contributed by atoms with Crippen molar-refractivity contribution in [3.05, 3.63) is 67.6 Å². The molecule has 0 spiro atoms. The maximum absolute atomic E-state index is 6.60. The van der Waals surface area contributed by atoms with Crippen molar-refractivity contribution in [3.8, 4) is 0 Å². The molecule has 2 N–H and O–H groups in total. The first-order chi connectivity index (χ1) is 10.1. The molecule has 0 heterocycles. The quantitative estimate of drug-likeness (QED) is 0.714. The first kappa shape index (κ1) is 15.3. The Bertz CT molecular complexity index is 666. The normalized spacial score (nSPS) is 19.1. The van der Waals surface area contributed by atoms with Crippen LogP contribution in [-0.4, -0.2) is 0 Å². The minimum atomic E-state index is 0.0737. The van der Waals surface area contributed by atoms with Gasteiger partial charge in [-0.2, -0.15) is 0 Å². The van der Waals surface area contributed by atoms with Gasteiger partial charge >= 0.3 is 0 Å². The van der Waals surface area contributed by atoms with E-state index in [1.807, 2.05) is 0 Å². The lowest BCUT2D eigenvalue weighted by Gasteiger charge is -2.30. The van der Waals surface area contributed by atoms with E-state index in [-0.39, 0.29) is 6.04 Å². The van der Waals surface area contributed by atoms with E-state index in [1.165, 1.54) is 22.3 Å². The standard InChI is InChI=1S/C18H19Br2N/c1-11-8-17(20)15(10-16(11)19)18(21)14-7-6-12-4-2-3-5-13(12)9-14/h2-5,8,10,14,18H,6-7,9,21H2,1H3. The summed E-state index contributed by atoms with van der Waals surface area (Å²) in [4.78, 5) is 0. The van der Waals surface area contributed by atoms with Crippen LogP contribution in [0.3, 0.4) is 0 Å². The zero-order valence-electron chi connectivity index (χ0n) is 12.1. The largest absolute Gasteiger partial charge is 0.324 e. The Labute approximate surface area is 143 Å². The molecule has 3 heteroatoms. The van der Waals surface area contributed by atoms with Crippen molar-refractivity contribution in [1.29, 1.82) is 0 Å². The van der Waals surface area contributed by atoms with Crippen molar-refractivity contribution >= 4 is 31.9 Å². The highest BCUT2D eigenvalue weighted by atomic mass is 79.9. The molecular weight excluding hydrogens is 390 g/mol. The molecule has 0 amide bonds. The Kier molecular flexibility index (Phi) is 4.53. The lowest BCUT2D eigenvalue weighted by Crippen LogP contribution is -2.27. The van der Waals surface area contributed by atoms with E-state index in [4.69, 9.17) is 5.73 Å². The number of nitrogens with two attached hydrogens (primary N) is 1. The smallest absolute Gasteiger partial charge is 0.0338 e. The molecule has 110 valence electrons. The summed E-state index contributed by atoms with van der Waals surface area (Å²) >= 11 is 7.30. The van der Waals surface area contributed by atoms with Gasteiger partial charge in [0.1, 0.15) is 0 Å². The van der Waals surface area contributed by atoms with Crippen molar-refractivity contribution in [3.63, 3.8) is 0 Å². The van der Waals surface area contributed by atoms with Crippen molar-refractivity contribution in [2.45, 2.75) is 32.2 Å². The monoisotopic (exact) mass is 407 g/mol. The first-order valence-corrected chi connectivity index (χ1v) is 8.92. The highest BCUT2D eigenvalue weighted by molar-refractivity contribution is 9.11. The molecule has 21 heavy (non-hydrogen) atoms. The van der Waals surface area contributed by atoms with Crippen molar-refractivity contribution in [2.75, 3.05) is 0 Å². The number of halogens is 2. The molecule has 0 aliphatic heterocycles. The number of rotatable bonds is 2. The van der Waals surface area contributed by atoms with Gasteiger partial charge in [0.15, 0.2) is 0 Å². The molecule has 2 atom stereocenters. The number of benzene rings is 2. The lowest BCUT2D eigenvalue weighted by atomic mass is 9.78. The molecule has 0 fully saturated rings. The third-order valence-corrected chi connectivity index (χ3v) is 6.07. The summed E-state index contributed by atoms with van der Waals surface area (Å²) in [5.41, 5.74) is 12.0. The Morgan fingerprint density at radius 2 is 1.81 bits per heavy atom. The van der Waals surface area contributed by atoms with Crippen LogP contribution in [0.5, 0.6) is 0 Å². The SMILES string of the molecule is Cc1cc(Br)c(C(N)C2CCc3ccccc3C2)cc1Br. The zero-order valence-corrected chi connectivity index (χ0v) is 15.2. The Morgan fingerprint density at radius 1 is 1.10 bits per heavy atom. The van der Waals surface area contributed by atoms with Gasteiger partial charge in [0.2, 0.25) is 0 Å². The van der Waals surface area contributed by atoms with Crippen LogP contribution in [-0.2, 0) is 12.8 Å². The molecule has 1 aliphatic carbocycles. The molecule has 1 aliphatic rings. The molecular formula is C18H19Br2N. The predicted octanol–water partition coefficient (Wildman–Crippen LogP) is 5.32. The van der Waals surface area contributed by atoms with Crippen LogP contribution >= 0.6 is 31.9 Å². The molecule has 0 saturated carbocycles. The highest BCUT2D eigenvalue weighted by Crippen LogP contribution is 2.37. The number of fused-ring (bicyclic) bond motifs is 1. The van der Waals surface area contributed by atoms with E-state index in [2.05, 4.69) is 75.2 Å². The summed E-state index contributed by atoms with van der Waals surface area (Å²) < 4.78 is 2.25. The van der Waals surface area contributed by atoms with E-state index in [1.54, 1.807) is 0 Å². The third-order valence-electron chi connectivity index (χ3n) is 4.53. The van der Waals surface area contributed by atoms with Crippen LogP contribution in [0.1, 0.15) is 34.7 Å². The van der Waals surface area contributed by atoms with Gasteiger partial charge in [0.25, 0.3) is 0 Å². The van der Waals surface area contributed by atoms with Gasteiger partial charge in [-0.05, 0) is 66.5 Å². The van der Waals surface area contributed by atoms with Crippen LogP contribution < -0.4 is 5.73 Å². The highest BCUT2D eigenvalue weighted by Gasteiger charge is 2.26. The average Bonchev–Trinajstić information content (AvgIpc) is 2.50. The number of aryl methyl sites for hydroxylation is 2. The first-order valence-electron chi connectivity index (χ1n) is 7.34. The summed E-state index contributed by atoms with van der Waals surface area (Å²) in [5, 5.41) is 0. The maximum atomic E-state index is 6.60. The minimum Gasteiger partial charge on any atom is -0.324 e. The maximum Gasteiger partial charge on any atom is 0.0338 e.